The first-order chi connectivity index (χ1) is 9.10. The predicted molar refractivity (Wildman–Crippen MR) is 79.4 cm³/mol. The number of hydrogen-bond donors (Lipinski definition) is 3. The highest BCUT2D eigenvalue weighted by atomic mass is 32.1. The lowest BCUT2D eigenvalue weighted by atomic mass is 10.1. The van der Waals surface area contributed by atoms with E-state index in [1.807, 2.05) is 31.2 Å². The molecule has 1 amide bonds. The van der Waals surface area contributed by atoms with E-state index in [1.54, 1.807) is 0 Å². The second kappa shape index (κ2) is 6.04. The van der Waals surface area contributed by atoms with Gasteiger partial charge in [-0.05, 0) is 42.0 Å². The maximum Gasteiger partial charge on any atom is 0.261 e. The average molecular weight is 278 g/mol. The van der Waals surface area contributed by atoms with Crippen molar-refractivity contribution in [2.75, 3.05) is 18.9 Å². The number of hydrogen-bond acceptors (Lipinski definition) is 4. The number of fused-ring (bicyclic) bond motifs is 1. The van der Waals surface area contributed by atoms with Crippen LogP contribution in [0.4, 0.5) is 5.69 Å². The van der Waals surface area contributed by atoms with E-state index in [-0.39, 0.29) is 18.4 Å². The molecule has 19 heavy (non-hydrogen) atoms. The standard InChI is InChI=1S/C14H18N2O2S/c1-9(4-5-17)8-16-14(18)13-7-10-6-11(15)2-3-12(10)19-13/h2-3,6-7,9,17H,4-5,8,15H2,1H3,(H,16,18). The normalized spacial score (nSPS) is 12.5. The lowest BCUT2D eigenvalue weighted by Crippen LogP contribution is -2.27. The van der Waals surface area contributed by atoms with Crippen LogP contribution in [0.2, 0.25) is 0 Å². The molecule has 0 fully saturated rings. The predicted octanol–water partition coefficient (Wildman–Crippen LogP) is 2.23. The van der Waals surface area contributed by atoms with Crippen LogP contribution in [0.25, 0.3) is 10.1 Å². The summed E-state index contributed by atoms with van der Waals surface area (Å²) in [6.45, 7) is 2.73. The van der Waals surface area contributed by atoms with Crippen LogP contribution in [-0.2, 0) is 0 Å². The molecule has 1 unspecified atom stereocenters. The number of benzene rings is 1. The molecular weight excluding hydrogens is 260 g/mol. The van der Waals surface area contributed by atoms with E-state index < -0.39 is 0 Å². The molecule has 2 aromatic rings. The fourth-order valence-electron chi connectivity index (χ4n) is 1.85. The smallest absolute Gasteiger partial charge is 0.261 e. The second-order valence-electron chi connectivity index (χ2n) is 4.74. The van der Waals surface area contributed by atoms with Gasteiger partial charge in [0.2, 0.25) is 0 Å². The fraction of sp³-hybridized carbons (Fsp3) is 0.357. The summed E-state index contributed by atoms with van der Waals surface area (Å²) in [5, 5.41) is 12.7. The fourth-order valence-corrected chi connectivity index (χ4v) is 2.81. The minimum atomic E-state index is -0.0652. The van der Waals surface area contributed by atoms with Gasteiger partial charge in [-0.25, -0.2) is 0 Å². The first-order valence-corrected chi connectivity index (χ1v) is 7.10. The van der Waals surface area contributed by atoms with Gasteiger partial charge < -0.3 is 16.2 Å². The van der Waals surface area contributed by atoms with Crippen LogP contribution in [0.3, 0.4) is 0 Å². The summed E-state index contributed by atoms with van der Waals surface area (Å²) in [5.74, 6) is 0.212. The Labute approximate surface area is 116 Å². The van der Waals surface area contributed by atoms with Crippen LogP contribution in [0.15, 0.2) is 24.3 Å². The number of anilines is 1. The van der Waals surface area contributed by atoms with Gasteiger partial charge in [0.25, 0.3) is 5.91 Å². The molecule has 0 aliphatic heterocycles. The summed E-state index contributed by atoms with van der Waals surface area (Å²) < 4.78 is 1.06. The number of rotatable bonds is 5. The molecule has 4 nitrogen and oxygen atoms in total. The molecule has 1 atom stereocenters. The number of aliphatic hydroxyl groups excluding tert-OH is 1. The van der Waals surface area contributed by atoms with E-state index in [4.69, 9.17) is 10.8 Å². The molecule has 0 spiro atoms. The van der Waals surface area contributed by atoms with E-state index in [0.29, 0.717) is 23.5 Å². The molecule has 0 bridgehead atoms. The molecule has 0 saturated carbocycles. The van der Waals surface area contributed by atoms with Crippen molar-refractivity contribution in [2.45, 2.75) is 13.3 Å². The molecule has 4 N–H and O–H groups in total. The van der Waals surface area contributed by atoms with Crippen molar-refractivity contribution in [3.05, 3.63) is 29.1 Å². The Morgan fingerprint density at radius 2 is 2.26 bits per heavy atom. The van der Waals surface area contributed by atoms with Gasteiger partial charge in [-0.15, -0.1) is 11.3 Å². The van der Waals surface area contributed by atoms with E-state index in [0.717, 1.165) is 10.1 Å². The largest absolute Gasteiger partial charge is 0.399 e. The third-order valence-corrected chi connectivity index (χ3v) is 4.11. The number of nitrogens with two attached hydrogens (primary N) is 1. The van der Waals surface area contributed by atoms with Crippen molar-refractivity contribution in [3.63, 3.8) is 0 Å². The van der Waals surface area contributed by atoms with Crippen LogP contribution < -0.4 is 11.1 Å². The number of nitrogen functional groups attached to an aromatic ring is 1. The van der Waals surface area contributed by atoms with Crippen molar-refractivity contribution in [2.24, 2.45) is 5.92 Å². The van der Waals surface area contributed by atoms with Gasteiger partial charge in [0.05, 0.1) is 4.88 Å². The highest BCUT2D eigenvalue weighted by Gasteiger charge is 2.11. The van der Waals surface area contributed by atoms with E-state index in [2.05, 4.69) is 5.32 Å². The molecule has 1 aromatic carbocycles. The van der Waals surface area contributed by atoms with Gasteiger partial charge in [0.1, 0.15) is 0 Å². The Balaban J connectivity index is 2.05. The van der Waals surface area contributed by atoms with Gasteiger partial charge in [0, 0.05) is 23.5 Å². The minimum absolute atomic E-state index is 0.0652. The molecule has 1 aromatic heterocycles. The van der Waals surface area contributed by atoms with Crippen molar-refractivity contribution in [3.8, 4) is 0 Å². The first kappa shape index (κ1) is 13.8. The van der Waals surface area contributed by atoms with Gasteiger partial charge in [0.15, 0.2) is 0 Å². The first-order valence-electron chi connectivity index (χ1n) is 6.28. The lowest BCUT2D eigenvalue weighted by molar-refractivity contribution is 0.0949. The zero-order valence-corrected chi connectivity index (χ0v) is 11.7. The maximum absolute atomic E-state index is 12.0. The molecule has 0 aliphatic carbocycles. The topological polar surface area (TPSA) is 75.3 Å². The Morgan fingerprint density at radius 1 is 1.47 bits per heavy atom. The number of aliphatic hydroxyl groups is 1. The SMILES string of the molecule is CC(CCO)CNC(=O)c1cc2cc(N)ccc2s1. The van der Waals surface area contributed by atoms with Crippen molar-refractivity contribution < 1.29 is 9.90 Å². The maximum atomic E-state index is 12.0. The third kappa shape index (κ3) is 3.45. The summed E-state index contributed by atoms with van der Waals surface area (Å²) in [4.78, 5) is 12.7. The van der Waals surface area contributed by atoms with Gasteiger partial charge in [-0.2, -0.15) is 0 Å². The molecule has 0 aliphatic rings. The van der Waals surface area contributed by atoms with Crippen LogP contribution in [0, 0.1) is 5.92 Å². The molecule has 0 radical (unpaired) electrons. The molecule has 1 heterocycles. The van der Waals surface area contributed by atoms with Crippen molar-refractivity contribution in [1.82, 2.24) is 5.32 Å². The molecule has 0 saturated heterocycles. The van der Waals surface area contributed by atoms with Crippen molar-refractivity contribution >= 4 is 33.0 Å². The van der Waals surface area contributed by atoms with Crippen LogP contribution in [0.1, 0.15) is 23.0 Å². The van der Waals surface area contributed by atoms with Gasteiger partial charge in [-0.3, -0.25) is 4.79 Å². The number of carbonyl (C=O) groups is 1. The summed E-state index contributed by atoms with van der Waals surface area (Å²) in [7, 11) is 0. The van der Waals surface area contributed by atoms with Gasteiger partial charge >= 0.3 is 0 Å². The summed E-state index contributed by atoms with van der Waals surface area (Å²) in [6, 6.07) is 7.50. The number of nitrogens with one attached hydrogen (secondary N) is 1. The van der Waals surface area contributed by atoms with Crippen LogP contribution in [-0.4, -0.2) is 24.2 Å². The monoisotopic (exact) mass is 278 g/mol. The number of amides is 1. The Kier molecular flexibility index (Phi) is 4.39. The summed E-state index contributed by atoms with van der Waals surface area (Å²) in [5.41, 5.74) is 6.42. The highest BCUT2D eigenvalue weighted by Crippen LogP contribution is 2.27. The summed E-state index contributed by atoms with van der Waals surface area (Å²) in [6.07, 6.45) is 0.698. The quantitative estimate of drug-likeness (QED) is 0.734. The Hall–Kier alpha value is -1.59. The van der Waals surface area contributed by atoms with Gasteiger partial charge in [-0.1, -0.05) is 6.92 Å². The zero-order chi connectivity index (χ0) is 13.8. The van der Waals surface area contributed by atoms with E-state index in [9.17, 15) is 4.79 Å². The van der Waals surface area contributed by atoms with E-state index >= 15 is 0 Å². The van der Waals surface area contributed by atoms with Crippen LogP contribution >= 0.6 is 11.3 Å². The minimum Gasteiger partial charge on any atom is -0.399 e. The van der Waals surface area contributed by atoms with E-state index in [1.165, 1.54) is 11.3 Å². The number of thiophene rings is 1. The highest BCUT2D eigenvalue weighted by molar-refractivity contribution is 7.20. The Morgan fingerprint density at radius 3 is 3.00 bits per heavy atom. The van der Waals surface area contributed by atoms with Crippen LogP contribution in [0.5, 0.6) is 0 Å². The average Bonchev–Trinajstić information content (AvgIpc) is 2.79. The molecular formula is C14H18N2O2S. The number of carbonyl (C=O) groups excluding carboxylic acids is 1. The molecule has 2 rings (SSSR count). The second-order valence-corrected chi connectivity index (χ2v) is 5.82. The summed E-state index contributed by atoms with van der Waals surface area (Å²) >= 11 is 1.46. The lowest BCUT2D eigenvalue weighted by Gasteiger charge is -2.09. The van der Waals surface area contributed by atoms with Crippen molar-refractivity contribution in [1.29, 1.82) is 0 Å². The third-order valence-electron chi connectivity index (χ3n) is 3.00. The zero-order valence-electron chi connectivity index (χ0n) is 10.8. The molecule has 5 heteroatoms. The Bertz CT molecular complexity index is 580. The molecule has 102 valence electrons.